The highest BCUT2D eigenvalue weighted by atomic mass is 32.2. The second-order valence-corrected chi connectivity index (χ2v) is 11.1. The molecule has 3 fully saturated rings. The molecule has 9 nitrogen and oxygen atoms in total. The Morgan fingerprint density at radius 3 is 2.80 bits per heavy atom. The Morgan fingerprint density at radius 2 is 2.07 bits per heavy atom. The predicted molar refractivity (Wildman–Crippen MR) is 111 cm³/mol. The van der Waals surface area contributed by atoms with Crippen LogP contribution in [0.4, 0.5) is 5.95 Å². The summed E-state index contributed by atoms with van der Waals surface area (Å²) in [6.45, 7) is 3.27. The van der Waals surface area contributed by atoms with Crippen molar-refractivity contribution in [3.8, 4) is 0 Å². The van der Waals surface area contributed by atoms with E-state index >= 15 is 0 Å². The number of carbonyl (C=O) groups excluding carboxylic acids is 1. The van der Waals surface area contributed by atoms with Gasteiger partial charge in [-0.3, -0.25) is 9.69 Å². The number of hydrogen-bond acceptors (Lipinski definition) is 8. The van der Waals surface area contributed by atoms with Crippen LogP contribution in [-0.2, 0) is 25.8 Å². The standard InChI is InChI=1S/C20H29N5O4S/c1-23(15-4-9-30(27,28)13-15)12-19(26)25-14-2-3-18(25)16-11-21-20(22-17(16)10-14)24-5-7-29-8-6-24/h11,14-15,18H,2-10,12-13H2,1H3/t14-,15+,18+/m0/s1. The molecule has 4 aliphatic heterocycles. The van der Waals surface area contributed by atoms with E-state index in [0.29, 0.717) is 19.6 Å². The number of rotatable bonds is 4. The lowest BCUT2D eigenvalue weighted by molar-refractivity contribution is -0.136. The van der Waals surface area contributed by atoms with Gasteiger partial charge in [0.2, 0.25) is 11.9 Å². The fraction of sp³-hybridized carbons (Fsp3) is 0.750. The van der Waals surface area contributed by atoms with Gasteiger partial charge < -0.3 is 14.5 Å². The van der Waals surface area contributed by atoms with Crippen LogP contribution >= 0.6 is 0 Å². The molecular weight excluding hydrogens is 406 g/mol. The molecule has 1 aromatic heterocycles. The summed E-state index contributed by atoms with van der Waals surface area (Å²) < 4.78 is 29.0. The Balaban J connectivity index is 1.30. The molecule has 0 unspecified atom stereocenters. The third-order valence-electron chi connectivity index (χ3n) is 6.98. The number of anilines is 1. The van der Waals surface area contributed by atoms with Crippen LogP contribution in [0, 0.1) is 0 Å². The zero-order valence-electron chi connectivity index (χ0n) is 17.4. The molecule has 3 atom stereocenters. The normalized spacial score (nSPS) is 30.0. The molecule has 5 heterocycles. The van der Waals surface area contributed by atoms with E-state index in [-0.39, 0.29) is 42.1 Å². The van der Waals surface area contributed by atoms with Crippen LogP contribution in [0.3, 0.4) is 0 Å². The van der Waals surface area contributed by atoms with Crippen molar-refractivity contribution in [2.45, 2.75) is 43.8 Å². The summed E-state index contributed by atoms with van der Waals surface area (Å²) >= 11 is 0. The summed E-state index contributed by atoms with van der Waals surface area (Å²) in [6, 6.07) is 0.141. The van der Waals surface area contributed by atoms with Gasteiger partial charge in [-0.2, -0.15) is 0 Å². The Hall–Kier alpha value is -1.78. The molecule has 0 spiro atoms. The molecule has 0 aromatic carbocycles. The first-order chi connectivity index (χ1) is 14.4. The second kappa shape index (κ2) is 7.72. The molecule has 0 saturated carbocycles. The zero-order valence-corrected chi connectivity index (χ0v) is 18.2. The molecule has 30 heavy (non-hydrogen) atoms. The zero-order chi connectivity index (χ0) is 20.9. The van der Waals surface area contributed by atoms with Crippen LogP contribution in [-0.4, -0.2) is 97.6 Å². The molecule has 0 aliphatic carbocycles. The average Bonchev–Trinajstić information content (AvgIpc) is 3.26. The number of carbonyl (C=O) groups is 1. The van der Waals surface area contributed by atoms with Gasteiger partial charge in [0.15, 0.2) is 9.84 Å². The monoisotopic (exact) mass is 435 g/mol. The summed E-state index contributed by atoms with van der Waals surface area (Å²) in [6.07, 6.45) is 5.19. The minimum atomic E-state index is -2.96. The Labute approximate surface area is 177 Å². The lowest BCUT2D eigenvalue weighted by Crippen LogP contribution is -2.48. The molecule has 5 rings (SSSR count). The van der Waals surface area contributed by atoms with Gasteiger partial charge in [0, 0.05) is 43.4 Å². The first kappa shape index (κ1) is 20.1. The molecule has 3 saturated heterocycles. The van der Waals surface area contributed by atoms with Gasteiger partial charge in [-0.15, -0.1) is 0 Å². The number of nitrogens with zero attached hydrogens (tertiary/aromatic N) is 5. The SMILES string of the molecule is CN(CC(=O)N1[C@H]2CC[C@@H]1c1cnc(N3CCOCC3)nc1C2)[C@@H]1CCS(=O)(=O)C1. The molecule has 0 N–H and O–H groups in total. The minimum Gasteiger partial charge on any atom is -0.378 e. The van der Waals surface area contributed by atoms with Crippen LogP contribution in [0.1, 0.15) is 36.6 Å². The summed E-state index contributed by atoms with van der Waals surface area (Å²) in [5, 5.41) is 0. The van der Waals surface area contributed by atoms with Crippen molar-refractivity contribution in [2.75, 3.05) is 56.3 Å². The summed E-state index contributed by atoms with van der Waals surface area (Å²) in [4.78, 5) is 28.7. The van der Waals surface area contributed by atoms with Gasteiger partial charge in [0.25, 0.3) is 0 Å². The van der Waals surface area contributed by atoms with E-state index in [4.69, 9.17) is 9.72 Å². The molecule has 1 aromatic rings. The first-order valence-corrected chi connectivity index (χ1v) is 12.6. The van der Waals surface area contributed by atoms with E-state index in [1.807, 2.05) is 23.0 Å². The Kier molecular flexibility index (Phi) is 5.19. The summed E-state index contributed by atoms with van der Waals surface area (Å²) in [5.41, 5.74) is 2.14. The number of morpholine rings is 1. The highest BCUT2D eigenvalue weighted by Gasteiger charge is 2.44. The number of sulfone groups is 1. The Bertz CT molecular complexity index is 933. The molecule has 164 valence electrons. The van der Waals surface area contributed by atoms with E-state index in [2.05, 4.69) is 9.88 Å². The third kappa shape index (κ3) is 3.69. The quantitative estimate of drug-likeness (QED) is 0.653. The number of ether oxygens (including phenoxy) is 1. The number of fused-ring (bicyclic) bond motifs is 4. The second-order valence-electron chi connectivity index (χ2n) is 8.90. The van der Waals surface area contributed by atoms with E-state index < -0.39 is 9.84 Å². The summed E-state index contributed by atoms with van der Waals surface area (Å²) in [7, 11) is -1.10. The predicted octanol–water partition coefficient (Wildman–Crippen LogP) is 0.0203. The van der Waals surface area contributed by atoms with Crippen LogP contribution < -0.4 is 4.90 Å². The van der Waals surface area contributed by atoms with Gasteiger partial charge >= 0.3 is 0 Å². The van der Waals surface area contributed by atoms with Crippen molar-refractivity contribution < 1.29 is 17.9 Å². The smallest absolute Gasteiger partial charge is 0.237 e. The van der Waals surface area contributed by atoms with E-state index in [9.17, 15) is 13.2 Å². The molecule has 10 heteroatoms. The molecular formula is C20H29N5O4S. The minimum absolute atomic E-state index is 0.0331. The number of amides is 1. The van der Waals surface area contributed by atoms with Crippen molar-refractivity contribution in [1.29, 1.82) is 0 Å². The Morgan fingerprint density at radius 1 is 1.27 bits per heavy atom. The van der Waals surface area contributed by atoms with Gasteiger partial charge in [0.1, 0.15) is 0 Å². The topological polar surface area (TPSA) is 95.9 Å². The molecule has 2 bridgehead atoms. The van der Waals surface area contributed by atoms with Crippen molar-refractivity contribution in [2.24, 2.45) is 0 Å². The first-order valence-electron chi connectivity index (χ1n) is 10.8. The summed E-state index contributed by atoms with van der Waals surface area (Å²) in [5.74, 6) is 1.22. The van der Waals surface area contributed by atoms with Gasteiger partial charge in [-0.25, -0.2) is 18.4 Å². The maximum atomic E-state index is 13.2. The van der Waals surface area contributed by atoms with Crippen molar-refractivity contribution in [3.63, 3.8) is 0 Å². The maximum absolute atomic E-state index is 13.2. The van der Waals surface area contributed by atoms with Crippen LogP contribution in [0.5, 0.6) is 0 Å². The molecule has 0 radical (unpaired) electrons. The van der Waals surface area contributed by atoms with E-state index in [1.54, 1.807) is 0 Å². The van der Waals surface area contributed by atoms with Crippen molar-refractivity contribution >= 4 is 21.7 Å². The van der Waals surface area contributed by atoms with Gasteiger partial charge in [-0.1, -0.05) is 0 Å². The highest BCUT2D eigenvalue weighted by molar-refractivity contribution is 7.91. The molecule has 1 amide bonds. The van der Waals surface area contributed by atoms with Crippen LogP contribution in [0.25, 0.3) is 0 Å². The largest absolute Gasteiger partial charge is 0.378 e. The van der Waals surface area contributed by atoms with Crippen LogP contribution in [0.15, 0.2) is 6.20 Å². The van der Waals surface area contributed by atoms with Crippen molar-refractivity contribution in [1.82, 2.24) is 19.8 Å². The number of likely N-dealkylation sites (N-methyl/N-ethyl adjacent to an activating group) is 1. The van der Waals surface area contributed by atoms with E-state index in [0.717, 1.165) is 49.6 Å². The number of hydrogen-bond donors (Lipinski definition) is 0. The average molecular weight is 436 g/mol. The lowest BCUT2D eigenvalue weighted by atomic mass is 9.99. The maximum Gasteiger partial charge on any atom is 0.237 e. The lowest BCUT2D eigenvalue weighted by Gasteiger charge is -2.37. The fourth-order valence-electron chi connectivity index (χ4n) is 5.31. The third-order valence-corrected chi connectivity index (χ3v) is 8.73. The molecule has 4 aliphatic rings. The van der Waals surface area contributed by atoms with Gasteiger partial charge in [-0.05, 0) is 26.3 Å². The van der Waals surface area contributed by atoms with Crippen molar-refractivity contribution in [3.05, 3.63) is 17.5 Å². The highest BCUT2D eigenvalue weighted by Crippen LogP contribution is 2.43. The fourth-order valence-corrected chi connectivity index (χ4v) is 7.12. The van der Waals surface area contributed by atoms with E-state index in [1.165, 1.54) is 0 Å². The van der Waals surface area contributed by atoms with Crippen LogP contribution in [0.2, 0.25) is 0 Å². The number of aromatic nitrogens is 2. The van der Waals surface area contributed by atoms with Gasteiger partial charge in [0.05, 0.1) is 43.0 Å².